The predicted octanol–water partition coefficient (Wildman–Crippen LogP) is 1.25. The van der Waals surface area contributed by atoms with Crippen LogP contribution >= 0.6 is 0 Å². The van der Waals surface area contributed by atoms with Crippen molar-refractivity contribution in [3.05, 3.63) is 18.0 Å². The third kappa shape index (κ3) is 3.10. The van der Waals surface area contributed by atoms with Crippen molar-refractivity contribution < 1.29 is 5.11 Å². The largest absolute Gasteiger partial charge is 0.389 e. The summed E-state index contributed by atoms with van der Waals surface area (Å²) in [5.41, 5.74) is 0.325. The van der Waals surface area contributed by atoms with Crippen molar-refractivity contribution in [2.24, 2.45) is 0 Å². The number of fused-ring (bicyclic) bond motifs is 1. The topological polar surface area (TPSA) is 69.8 Å². The minimum atomic E-state index is -0.461. The Morgan fingerprint density at radius 1 is 1.04 bits per heavy atom. The Morgan fingerprint density at radius 2 is 1.79 bits per heavy atom. The molecule has 0 bridgehead atoms. The summed E-state index contributed by atoms with van der Waals surface area (Å²) in [5, 5.41) is 23.6. The van der Waals surface area contributed by atoms with Crippen LogP contribution in [-0.2, 0) is 0 Å². The Balaban J connectivity index is 1.39. The van der Waals surface area contributed by atoms with Gasteiger partial charge in [0.2, 0.25) is 0 Å². The second-order valence-electron chi connectivity index (χ2n) is 7.26. The van der Waals surface area contributed by atoms with Crippen LogP contribution in [0.3, 0.4) is 0 Å². The van der Waals surface area contributed by atoms with Gasteiger partial charge in [0.15, 0.2) is 11.5 Å². The van der Waals surface area contributed by atoms with Crippen LogP contribution in [0.5, 0.6) is 0 Å². The van der Waals surface area contributed by atoms with Gasteiger partial charge in [0.1, 0.15) is 5.82 Å². The molecule has 2 fully saturated rings. The normalized spacial score (nSPS) is 22.2. The van der Waals surface area contributed by atoms with Crippen LogP contribution in [0.25, 0.3) is 5.65 Å². The molecule has 0 spiro atoms. The predicted molar refractivity (Wildman–Crippen MR) is 92.2 cm³/mol. The quantitative estimate of drug-likeness (QED) is 0.913. The molecule has 1 saturated carbocycles. The highest BCUT2D eigenvalue weighted by Gasteiger charge is 2.32. The van der Waals surface area contributed by atoms with Crippen LogP contribution in [0, 0.1) is 6.92 Å². The highest BCUT2D eigenvalue weighted by Crippen LogP contribution is 2.29. The first-order valence-corrected chi connectivity index (χ1v) is 9.02. The molecule has 1 N–H and O–H groups in total. The first kappa shape index (κ1) is 15.8. The van der Waals surface area contributed by atoms with Gasteiger partial charge in [-0.25, -0.2) is 0 Å². The summed E-state index contributed by atoms with van der Waals surface area (Å²) < 4.78 is 1.80. The van der Waals surface area contributed by atoms with Crippen LogP contribution in [0.4, 0.5) is 5.82 Å². The number of aliphatic hydroxyl groups is 1. The van der Waals surface area contributed by atoms with Gasteiger partial charge < -0.3 is 10.0 Å². The minimum absolute atomic E-state index is 0.461. The average molecular weight is 330 g/mol. The molecule has 2 aromatic heterocycles. The van der Waals surface area contributed by atoms with Crippen molar-refractivity contribution >= 4 is 11.5 Å². The highest BCUT2D eigenvalue weighted by atomic mass is 16.3. The Hall–Kier alpha value is -1.73. The van der Waals surface area contributed by atoms with Crippen molar-refractivity contribution in [3.63, 3.8) is 0 Å². The van der Waals surface area contributed by atoms with Gasteiger partial charge in [0.05, 0.1) is 5.60 Å². The van der Waals surface area contributed by atoms with Gasteiger partial charge in [0, 0.05) is 32.7 Å². The van der Waals surface area contributed by atoms with E-state index in [9.17, 15) is 5.11 Å². The second-order valence-corrected chi connectivity index (χ2v) is 7.26. The van der Waals surface area contributed by atoms with Gasteiger partial charge in [-0.3, -0.25) is 4.90 Å². The molecular formula is C17H26N6O. The van der Waals surface area contributed by atoms with Crippen molar-refractivity contribution in [2.75, 3.05) is 37.6 Å². The van der Waals surface area contributed by atoms with E-state index in [0.29, 0.717) is 0 Å². The number of hydrogen-bond acceptors (Lipinski definition) is 6. The number of hydrogen-bond donors (Lipinski definition) is 1. The first-order chi connectivity index (χ1) is 11.6. The Labute approximate surface area is 142 Å². The Bertz CT molecular complexity index is 700. The van der Waals surface area contributed by atoms with Gasteiger partial charge in [-0.2, -0.15) is 4.52 Å². The fourth-order valence-corrected chi connectivity index (χ4v) is 3.97. The minimum Gasteiger partial charge on any atom is -0.389 e. The van der Waals surface area contributed by atoms with Crippen molar-refractivity contribution in [3.8, 4) is 0 Å². The number of rotatable bonds is 3. The summed E-state index contributed by atoms with van der Waals surface area (Å²) in [6, 6.07) is 3.99. The number of aryl methyl sites for hydroxylation is 1. The zero-order chi connectivity index (χ0) is 16.6. The smallest absolute Gasteiger partial charge is 0.178 e. The molecule has 0 atom stereocenters. The van der Waals surface area contributed by atoms with E-state index < -0.39 is 5.60 Å². The molecule has 2 aromatic rings. The van der Waals surface area contributed by atoms with E-state index in [-0.39, 0.29) is 0 Å². The third-order valence-electron chi connectivity index (χ3n) is 5.40. The lowest BCUT2D eigenvalue weighted by atomic mass is 9.84. The van der Waals surface area contributed by atoms with Crippen molar-refractivity contribution in [1.29, 1.82) is 0 Å². The molecule has 1 aliphatic heterocycles. The van der Waals surface area contributed by atoms with Gasteiger partial charge >= 0.3 is 0 Å². The molecule has 0 amide bonds. The van der Waals surface area contributed by atoms with E-state index in [1.54, 1.807) is 4.52 Å². The summed E-state index contributed by atoms with van der Waals surface area (Å²) in [6.07, 6.45) is 5.51. The van der Waals surface area contributed by atoms with Crippen LogP contribution in [-0.4, -0.2) is 68.1 Å². The molecule has 3 heterocycles. The van der Waals surface area contributed by atoms with Gasteiger partial charge in [0.25, 0.3) is 0 Å². The van der Waals surface area contributed by atoms with Crippen LogP contribution in [0.2, 0.25) is 0 Å². The molecule has 0 radical (unpaired) electrons. The molecule has 130 valence electrons. The molecule has 0 aromatic carbocycles. The third-order valence-corrected chi connectivity index (χ3v) is 5.40. The van der Waals surface area contributed by atoms with Gasteiger partial charge in [-0.05, 0) is 31.9 Å². The summed E-state index contributed by atoms with van der Waals surface area (Å²) in [4.78, 5) is 4.71. The molecule has 4 rings (SSSR count). The van der Waals surface area contributed by atoms with Gasteiger partial charge in [-0.15, -0.1) is 15.3 Å². The summed E-state index contributed by atoms with van der Waals surface area (Å²) in [5.74, 6) is 1.78. The van der Waals surface area contributed by atoms with E-state index in [1.165, 1.54) is 19.3 Å². The zero-order valence-corrected chi connectivity index (χ0v) is 14.4. The van der Waals surface area contributed by atoms with Crippen molar-refractivity contribution in [2.45, 2.75) is 44.6 Å². The van der Waals surface area contributed by atoms with E-state index in [2.05, 4.69) is 25.1 Å². The maximum atomic E-state index is 10.7. The number of piperazine rings is 1. The first-order valence-electron chi connectivity index (χ1n) is 9.02. The molecule has 1 saturated heterocycles. The monoisotopic (exact) mass is 330 g/mol. The maximum absolute atomic E-state index is 10.7. The van der Waals surface area contributed by atoms with Crippen molar-refractivity contribution in [1.82, 2.24) is 24.7 Å². The Morgan fingerprint density at radius 3 is 2.54 bits per heavy atom. The van der Waals surface area contributed by atoms with Gasteiger partial charge in [-0.1, -0.05) is 19.3 Å². The highest BCUT2D eigenvalue weighted by molar-refractivity contribution is 5.46. The number of anilines is 1. The summed E-state index contributed by atoms with van der Waals surface area (Å²) >= 11 is 0. The molecule has 7 nitrogen and oxygen atoms in total. The van der Waals surface area contributed by atoms with Crippen LogP contribution < -0.4 is 4.90 Å². The van der Waals surface area contributed by atoms with Crippen LogP contribution in [0.1, 0.15) is 37.9 Å². The molecule has 0 unspecified atom stereocenters. The molecule has 2 aliphatic rings. The fraction of sp³-hybridized carbons (Fsp3) is 0.706. The standard InChI is InChI=1S/C17H26N6O/c1-14-18-19-15-5-6-16(20-23(14)15)22-11-9-21(10-12-22)13-17(24)7-3-2-4-8-17/h5-6,24H,2-4,7-13H2,1H3. The van der Waals surface area contributed by atoms with Crippen LogP contribution in [0.15, 0.2) is 12.1 Å². The Kier molecular flexibility index (Phi) is 4.14. The number of aromatic nitrogens is 4. The number of β-amino-alcohol motifs (C(OH)–C–C–N with tert-alkyl or cyclic N) is 1. The van der Waals surface area contributed by atoms with E-state index in [1.807, 2.05) is 19.1 Å². The summed E-state index contributed by atoms with van der Waals surface area (Å²) in [6.45, 7) is 6.56. The average Bonchev–Trinajstić information content (AvgIpc) is 2.97. The van der Waals surface area contributed by atoms with E-state index in [0.717, 1.165) is 62.9 Å². The van der Waals surface area contributed by atoms with E-state index >= 15 is 0 Å². The lowest BCUT2D eigenvalue weighted by Crippen LogP contribution is -2.52. The lowest BCUT2D eigenvalue weighted by Gasteiger charge is -2.41. The zero-order valence-electron chi connectivity index (χ0n) is 14.4. The fourth-order valence-electron chi connectivity index (χ4n) is 3.97. The molecule has 7 heteroatoms. The number of nitrogens with zero attached hydrogens (tertiary/aromatic N) is 6. The summed E-state index contributed by atoms with van der Waals surface area (Å²) in [7, 11) is 0. The maximum Gasteiger partial charge on any atom is 0.178 e. The molecule has 1 aliphatic carbocycles. The van der Waals surface area contributed by atoms with E-state index in [4.69, 9.17) is 0 Å². The molecular weight excluding hydrogens is 304 g/mol. The lowest BCUT2D eigenvalue weighted by molar-refractivity contribution is -0.0271. The molecule has 24 heavy (non-hydrogen) atoms. The second kappa shape index (κ2) is 6.29. The SMILES string of the molecule is Cc1nnc2ccc(N3CCN(CC4(O)CCCCC4)CC3)nn12.